The first-order valence-electron chi connectivity index (χ1n) is 7.15. The molecule has 0 amide bonds. The summed E-state index contributed by atoms with van der Waals surface area (Å²) in [5.41, 5.74) is 0. The number of hydrogen-bond acceptors (Lipinski definition) is 3. The van der Waals surface area contributed by atoms with Crippen LogP contribution >= 0.6 is 0 Å². The molecule has 2 aromatic rings. The van der Waals surface area contributed by atoms with Crippen LogP contribution in [0.25, 0.3) is 0 Å². The molecule has 0 fully saturated rings. The summed E-state index contributed by atoms with van der Waals surface area (Å²) in [5, 5.41) is 10.1. The normalized spacial score (nSPS) is 12.3. The zero-order valence-corrected chi connectivity index (χ0v) is 11.9. The molecule has 0 aliphatic heterocycles. The molecule has 0 bridgehead atoms. The largest absolute Gasteiger partial charge is 0.493 e. The molecule has 1 atom stereocenters. The van der Waals surface area contributed by atoms with Crippen molar-refractivity contribution in [3.63, 3.8) is 0 Å². The van der Waals surface area contributed by atoms with E-state index in [1.807, 2.05) is 36.5 Å². The van der Waals surface area contributed by atoms with Crippen LogP contribution in [0.3, 0.4) is 0 Å². The topological polar surface area (TPSA) is 47.3 Å². The van der Waals surface area contributed by atoms with Crippen molar-refractivity contribution in [2.24, 2.45) is 0 Å². The molecule has 1 unspecified atom stereocenters. The molecule has 2 rings (SSSR count). The van der Waals surface area contributed by atoms with E-state index in [1.54, 1.807) is 6.20 Å². The Labute approximate surface area is 120 Å². The predicted octanol–water partition coefficient (Wildman–Crippen LogP) is 2.67. The van der Waals surface area contributed by atoms with Crippen LogP contribution in [0.1, 0.15) is 25.6 Å². The Bertz CT molecular complexity index is 496. The van der Waals surface area contributed by atoms with Gasteiger partial charge in [0.15, 0.2) is 0 Å². The third kappa shape index (κ3) is 4.38. The SMILES string of the molecule is CCCn1ccnc1CC(O)CCOc1ccccc1. The number of aromatic nitrogens is 2. The lowest BCUT2D eigenvalue weighted by atomic mass is 10.2. The third-order valence-corrected chi connectivity index (χ3v) is 3.15. The summed E-state index contributed by atoms with van der Waals surface area (Å²) in [5.74, 6) is 1.78. The molecule has 4 nitrogen and oxygen atoms in total. The van der Waals surface area contributed by atoms with Gasteiger partial charge in [-0.1, -0.05) is 25.1 Å². The van der Waals surface area contributed by atoms with E-state index in [9.17, 15) is 5.11 Å². The van der Waals surface area contributed by atoms with Crippen LogP contribution in [0, 0.1) is 0 Å². The lowest BCUT2D eigenvalue weighted by Crippen LogP contribution is -2.17. The fraction of sp³-hybridized carbons (Fsp3) is 0.438. The molecule has 0 spiro atoms. The van der Waals surface area contributed by atoms with E-state index in [4.69, 9.17) is 4.74 Å². The van der Waals surface area contributed by atoms with E-state index in [2.05, 4.69) is 16.5 Å². The standard InChI is InChI=1S/C16H22N2O2/c1-2-10-18-11-9-17-16(18)13-14(19)8-12-20-15-6-4-3-5-7-15/h3-7,9,11,14,19H,2,8,10,12-13H2,1H3. The Morgan fingerprint density at radius 1 is 1.30 bits per heavy atom. The van der Waals surface area contributed by atoms with Crippen molar-refractivity contribution in [3.05, 3.63) is 48.5 Å². The van der Waals surface area contributed by atoms with E-state index in [0.717, 1.165) is 24.5 Å². The van der Waals surface area contributed by atoms with Gasteiger partial charge in [0.05, 0.1) is 12.7 Å². The van der Waals surface area contributed by atoms with Crippen molar-refractivity contribution < 1.29 is 9.84 Å². The molecule has 20 heavy (non-hydrogen) atoms. The number of imidazole rings is 1. The second-order valence-electron chi connectivity index (χ2n) is 4.85. The van der Waals surface area contributed by atoms with E-state index in [-0.39, 0.29) is 0 Å². The maximum atomic E-state index is 10.1. The highest BCUT2D eigenvalue weighted by molar-refractivity contribution is 5.20. The van der Waals surface area contributed by atoms with Crippen LogP contribution in [-0.4, -0.2) is 27.4 Å². The second-order valence-corrected chi connectivity index (χ2v) is 4.85. The summed E-state index contributed by atoms with van der Waals surface area (Å²) >= 11 is 0. The quantitative estimate of drug-likeness (QED) is 0.805. The molecule has 0 radical (unpaired) electrons. The van der Waals surface area contributed by atoms with Crippen molar-refractivity contribution >= 4 is 0 Å². The van der Waals surface area contributed by atoms with E-state index >= 15 is 0 Å². The molecule has 0 aliphatic rings. The lowest BCUT2D eigenvalue weighted by molar-refractivity contribution is 0.136. The fourth-order valence-electron chi connectivity index (χ4n) is 2.12. The van der Waals surface area contributed by atoms with Crippen LogP contribution in [0.2, 0.25) is 0 Å². The van der Waals surface area contributed by atoms with Gasteiger partial charge in [0.2, 0.25) is 0 Å². The van der Waals surface area contributed by atoms with Gasteiger partial charge >= 0.3 is 0 Å². The van der Waals surface area contributed by atoms with Crippen molar-refractivity contribution in [2.45, 2.75) is 38.8 Å². The van der Waals surface area contributed by atoms with Gasteiger partial charge in [-0.05, 0) is 18.6 Å². The summed E-state index contributed by atoms with van der Waals surface area (Å²) < 4.78 is 7.68. The highest BCUT2D eigenvalue weighted by atomic mass is 16.5. The van der Waals surface area contributed by atoms with Crippen molar-refractivity contribution in [2.75, 3.05) is 6.61 Å². The lowest BCUT2D eigenvalue weighted by Gasteiger charge is -2.12. The van der Waals surface area contributed by atoms with Crippen molar-refractivity contribution in [1.82, 2.24) is 9.55 Å². The Morgan fingerprint density at radius 3 is 2.85 bits per heavy atom. The number of aliphatic hydroxyl groups excluding tert-OH is 1. The maximum Gasteiger partial charge on any atom is 0.119 e. The van der Waals surface area contributed by atoms with Crippen LogP contribution < -0.4 is 4.74 Å². The summed E-state index contributed by atoms with van der Waals surface area (Å²) in [7, 11) is 0. The van der Waals surface area contributed by atoms with E-state index in [1.165, 1.54) is 0 Å². The van der Waals surface area contributed by atoms with Gasteiger partial charge in [0.25, 0.3) is 0 Å². The second kappa shape index (κ2) is 7.70. The minimum absolute atomic E-state index is 0.420. The van der Waals surface area contributed by atoms with E-state index in [0.29, 0.717) is 19.4 Å². The van der Waals surface area contributed by atoms with Gasteiger partial charge in [-0.25, -0.2) is 4.98 Å². The zero-order chi connectivity index (χ0) is 14.2. The molecule has 1 aromatic carbocycles. The van der Waals surface area contributed by atoms with Gasteiger partial charge in [-0.3, -0.25) is 0 Å². The molecule has 0 saturated carbocycles. The minimum atomic E-state index is -0.420. The number of nitrogens with zero attached hydrogens (tertiary/aromatic N) is 2. The molecule has 1 heterocycles. The smallest absolute Gasteiger partial charge is 0.119 e. The molecule has 108 valence electrons. The van der Waals surface area contributed by atoms with Crippen molar-refractivity contribution in [3.8, 4) is 5.75 Å². The van der Waals surface area contributed by atoms with Crippen LogP contribution in [0.5, 0.6) is 5.75 Å². The number of para-hydroxylation sites is 1. The molecule has 1 N–H and O–H groups in total. The Balaban J connectivity index is 1.75. The molecule has 0 saturated heterocycles. The molecule has 1 aromatic heterocycles. The summed E-state index contributed by atoms with van der Waals surface area (Å²) in [4.78, 5) is 4.30. The fourth-order valence-corrected chi connectivity index (χ4v) is 2.12. The van der Waals surface area contributed by atoms with E-state index < -0.39 is 6.10 Å². The van der Waals surface area contributed by atoms with Gasteiger partial charge in [0.1, 0.15) is 11.6 Å². The highest BCUT2D eigenvalue weighted by Gasteiger charge is 2.10. The minimum Gasteiger partial charge on any atom is -0.493 e. The van der Waals surface area contributed by atoms with Crippen LogP contribution in [-0.2, 0) is 13.0 Å². The van der Waals surface area contributed by atoms with Gasteiger partial charge in [-0.2, -0.15) is 0 Å². The predicted molar refractivity (Wildman–Crippen MR) is 78.8 cm³/mol. The molecular weight excluding hydrogens is 252 g/mol. The molecule has 0 aliphatic carbocycles. The van der Waals surface area contributed by atoms with Gasteiger partial charge in [0, 0.05) is 31.8 Å². The number of benzene rings is 1. The number of hydrogen-bond donors (Lipinski definition) is 1. The summed E-state index contributed by atoms with van der Waals surface area (Å²) in [6.07, 6.45) is 5.58. The Kier molecular flexibility index (Phi) is 5.62. The Morgan fingerprint density at radius 2 is 2.10 bits per heavy atom. The molecule has 4 heteroatoms. The third-order valence-electron chi connectivity index (χ3n) is 3.15. The Hall–Kier alpha value is -1.81. The van der Waals surface area contributed by atoms with Gasteiger partial charge in [-0.15, -0.1) is 0 Å². The van der Waals surface area contributed by atoms with Crippen LogP contribution in [0.15, 0.2) is 42.7 Å². The first-order valence-corrected chi connectivity index (χ1v) is 7.15. The average molecular weight is 274 g/mol. The maximum absolute atomic E-state index is 10.1. The number of aryl methyl sites for hydroxylation is 1. The van der Waals surface area contributed by atoms with Gasteiger partial charge < -0.3 is 14.4 Å². The van der Waals surface area contributed by atoms with Crippen LogP contribution in [0.4, 0.5) is 0 Å². The first-order chi connectivity index (χ1) is 9.79. The summed E-state index contributed by atoms with van der Waals surface area (Å²) in [6, 6.07) is 9.66. The number of rotatable bonds is 8. The average Bonchev–Trinajstić information content (AvgIpc) is 2.88. The first kappa shape index (κ1) is 14.6. The number of ether oxygens (including phenoxy) is 1. The monoisotopic (exact) mass is 274 g/mol. The highest BCUT2D eigenvalue weighted by Crippen LogP contribution is 2.10. The zero-order valence-electron chi connectivity index (χ0n) is 11.9. The molecular formula is C16H22N2O2. The van der Waals surface area contributed by atoms with Crippen molar-refractivity contribution in [1.29, 1.82) is 0 Å². The number of aliphatic hydroxyl groups is 1. The summed E-state index contributed by atoms with van der Waals surface area (Å²) in [6.45, 7) is 3.59.